The molecule has 194 valence electrons. The molecule has 3 heterocycles. The molecule has 1 unspecified atom stereocenters. The number of benzene rings is 1. The molecule has 3 aromatic rings. The molecule has 0 saturated carbocycles. The SMILES string of the molecule is CCN(C)C(C)OC(=O)N1CCC(n2ccc3c(Nc4ccc(S(C)(=O)=O)cc4F)ncnc32)CC1. The molecule has 1 saturated heterocycles. The minimum Gasteiger partial charge on any atom is -0.430 e. The van der Waals surface area contributed by atoms with E-state index in [2.05, 4.69) is 19.9 Å². The number of rotatable bonds is 7. The first kappa shape index (κ1) is 25.8. The topological polar surface area (TPSA) is 110 Å². The van der Waals surface area contributed by atoms with Crippen molar-refractivity contribution in [2.75, 3.05) is 38.3 Å². The van der Waals surface area contributed by atoms with E-state index in [9.17, 15) is 17.6 Å². The summed E-state index contributed by atoms with van der Waals surface area (Å²) in [6, 6.07) is 5.72. The van der Waals surface area contributed by atoms with Gasteiger partial charge in [0, 0.05) is 31.6 Å². The minimum absolute atomic E-state index is 0.0911. The maximum absolute atomic E-state index is 14.6. The number of hydrogen-bond acceptors (Lipinski definition) is 8. The highest BCUT2D eigenvalue weighted by Gasteiger charge is 2.27. The molecule has 1 aliphatic rings. The van der Waals surface area contributed by atoms with Crippen molar-refractivity contribution in [3.8, 4) is 0 Å². The Hall–Kier alpha value is -3.25. The van der Waals surface area contributed by atoms with Crippen molar-refractivity contribution in [2.24, 2.45) is 0 Å². The lowest BCUT2D eigenvalue weighted by Gasteiger charge is -2.34. The molecular formula is C24H31FN6O4S. The fourth-order valence-corrected chi connectivity index (χ4v) is 4.85. The van der Waals surface area contributed by atoms with Gasteiger partial charge in [-0.05, 0) is 57.6 Å². The molecule has 0 aliphatic carbocycles. The number of carbonyl (C=O) groups is 1. The van der Waals surface area contributed by atoms with Crippen LogP contribution in [0.15, 0.2) is 41.7 Å². The maximum Gasteiger partial charge on any atom is 0.411 e. The first-order valence-corrected chi connectivity index (χ1v) is 13.7. The molecule has 0 radical (unpaired) electrons. The maximum atomic E-state index is 14.6. The van der Waals surface area contributed by atoms with Gasteiger partial charge in [-0.3, -0.25) is 4.90 Å². The van der Waals surface area contributed by atoms with Crippen molar-refractivity contribution in [2.45, 2.75) is 43.9 Å². The molecular weight excluding hydrogens is 487 g/mol. The van der Waals surface area contributed by atoms with E-state index < -0.39 is 15.7 Å². The van der Waals surface area contributed by atoms with Crippen molar-refractivity contribution in [1.82, 2.24) is 24.3 Å². The van der Waals surface area contributed by atoms with Crippen molar-refractivity contribution in [3.05, 3.63) is 42.6 Å². The van der Waals surface area contributed by atoms with Crippen LogP contribution in [-0.2, 0) is 14.6 Å². The molecule has 2 aromatic heterocycles. The Morgan fingerprint density at radius 3 is 2.64 bits per heavy atom. The predicted octanol–water partition coefficient (Wildman–Crippen LogP) is 3.79. The molecule has 1 atom stereocenters. The van der Waals surface area contributed by atoms with E-state index in [0.717, 1.165) is 31.7 Å². The number of hydrogen-bond donors (Lipinski definition) is 1. The second kappa shape index (κ2) is 10.4. The van der Waals surface area contributed by atoms with Crippen LogP contribution < -0.4 is 5.32 Å². The van der Waals surface area contributed by atoms with Crippen LogP contribution in [0.3, 0.4) is 0 Å². The Morgan fingerprint density at radius 1 is 1.28 bits per heavy atom. The number of aromatic nitrogens is 3. The van der Waals surface area contributed by atoms with Crippen molar-refractivity contribution in [3.63, 3.8) is 0 Å². The number of fused-ring (bicyclic) bond motifs is 1. The fourth-order valence-electron chi connectivity index (χ4n) is 4.21. The summed E-state index contributed by atoms with van der Waals surface area (Å²) in [5.41, 5.74) is 0.810. The van der Waals surface area contributed by atoms with Gasteiger partial charge in [0.2, 0.25) is 0 Å². The monoisotopic (exact) mass is 518 g/mol. The lowest BCUT2D eigenvalue weighted by Crippen LogP contribution is -2.43. The van der Waals surface area contributed by atoms with E-state index in [1.807, 2.05) is 38.1 Å². The van der Waals surface area contributed by atoms with Crippen molar-refractivity contribution in [1.29, 1.82) is 0 Å². The third-order valence-corrected chi connectivity index (χ3v) is 7.75. The zero-order valence-corrected chi connectivity index (χ0v) is 21.6. The van der Waals surface area contributed by atoms with Crippen LogP contribution in [0.5, 0.6) is 0 Å². The molecule has 12 heteroatoms. The second-order valence-electron chi connectivity index (χ2n) is 9.00. The molecule has 10 nitrogen and oxygen atoms in total. The molecule has 4 rings (SSSR count). The minimum atomic E-state index is -3.51. The van der Waals surface area contributed by atoms with Gasteiger partial charge >= 0.3 is 6.09 Å². The Morgan fingerprint density at radius 2 is 2.00 bits per heavy atom. The molecule has 1 amide bonds. The summed E-state index contributed by atoms with van der Waals surface area (Å²) < 4.78 is 45.6. The first-order valence-electron chi connectivity index (χ1n) is 11.8. The lowest BCUT2D eigenvalue weighted by atomic mass is 10.1. The highest BCUT2D eigenvalue weighted by Crippen LogP contribution is 2.31. The average Bonchev–Trinajstić information content (AvgIpc) is 3.29. The summed E-state index contributed by atoms with van der Waals surface area (Å²) in [5, 5.41) is 3.67. The summed E-state index contributed by atoms with van der Waals surface area (Å²) in [6.45, 7) is 5.79. The number of anilines is 2. The highest BCUT2D eigenvalue weighted by molar-refractivity contribution is 7.90. The number of ether oxygens (including phenoxy) is 1. The van der Waals surface area contributed by atoms with Gasteiger partial charge in [-0.25, -0.2) is 27.6 Å². The third kappa shape index (κ3) is 5.44. The molecule has 0 bridgehead atoms. The zero-order chi connectivity index (χ0) is 26.0. The van der Waals surface area contributed by atoms with E-state index in [1.54, 1.807) is 4.90 Å². The molecule has 0 spiro atoms. The van der Waals surface area contributed by atoms with Gasteiger partial charge in [-0.2, -0.15) is 0 Å². The molecule has 1 aliphatic heterocycles. The number of sulfone groups is 1. The van der Waals surface area contributed by atoms with Crippen LogP contribution >= 0.6 is 0 Å². The van der Waals surface area contributed by atoms with Crippen LogP contribution in [0.1, 0.15) is 32.7 Å². The van der Waals surface area contributed by atoms with Gasteiger partial charge in [0.1, 0.15) is 23.6 Å². The molecule has 1 aromatic carbocycles. The molecule has 1 fully saturated rings. The van der Waals surface area contributed by atoms with Crippen LogP contribution in [0.2, 0.25) is 0 Å². The molecule has 1 N–H and O–H groups in total. The van der Waals surface area contributed by atoms with Crippen LogP contribution in [0, 0.1) is 5.82 Å². The smallest absolute Gasteiger partial charge is 0.411 e. The Bertz CT molecular complexity index is 1350. The standard InChI is InChI=1S/C24H31FN6O4S/c1-5-29(3)16(2)35-24(32)30-11-8-17(9-12-30)31-13-10-19-22(26-15-27-23(19)31)28-21-7-6-18(14-20(21)25)36(4,33)34/h6-7,10,13-17H,5,8-9,11-12H2,1-4H3,(H,26,27,28). The van der Waals surface area contributed by atoms with Crippen LogP contribution in [0.4, 0.5) is 20.7 Å². The van der Waals surface area contributed by atoms with Gasteiger partial charge in [0.25, 0.3) is 0 Å². The number of piperidine rings is 1. The van der Waals surface area contributed by atoms with Crippen molar-refractivity contribution < 1.29 is 22.3 Å². The fraction of sp³-hybridized carbons (Fsp3) is 0.458. The van der Waals surface area contributed by atoms with E-state index in [0.29, 0.717) is 29.9 Å². The van der Waals surface area contributed by atoms with Gasteiger partial charge in [-0.1, -0.05) is 6.92 Å². The summed E-state index contributed by atoms with van der Waals surface area (Å²) in [5.74, 6) is -0.275. The first-order chi connectivity index (χ1) is 17.1. The summed E-state index contributed by atoms with van der Waals surface area (Å²) in [6.07, 6.45) is 5.24. The number of halogens is 1. The summed E-state index contributed by atoms with van der Waals surface area (Å²) in [4.78, 5) is 24.8. The molecule has 36 heavy (non-hydrogen) atoms. The summed E-state index contributed by atoms with van der Waals surface area (Å²) >= 11 is 0. The lowest BCUT2D eigenvalue weighted by molar-refractivity contribution is -0.00672. The predicted molar refractivity (Wildman–Crippen MR) is 134 cm³/mol. The van der Waals surface area contributed by atoms with E-state index >= 15 is 0 Å². The Balaban J connectivity index is 1.47. The third-order valence-electron chi connectivity index (χ3n) is 6.64. The number of likely N-dealkylation sites (tertiary alicyclic amines) is 1. The number of nitrogens with one attached hydrogen (secondary N) is 1. The van der Waals surface area contributed by atoms with Crippen LogP contribution in [-0.4, -0.2) is 78.0 Å². The van der Waals surface area contributed by atoms with E-state index in [4.69, 9.17) is 4.74 Å². The van der Waals surface area contributed by atoms with E-state index in [-0.39, 0.29) is 28.9 Å². The number of carbonyl (C=O) groups excluding carboxylic acids is 1. The van der Waals surface area contributed by atoms with E-state index in [1.165, 1.54) is 18.5 Å². The van der Waals surface area contributed by atoms with Crippen molar-refractivity contribution >= 4 is 38.5 Å². The Labute approximate surface area is 210 Å². The normalized spacial score (nSPS) is 15.9. The van der Waals surface area contributed by atoms with Gasteiger partial charge < -0.3 is 19.5 Å². The number of amides is 1. The second-order valence-corrected chi connectivity index (χ2v) is 11.0. The number of nitrogens with zero attached hydrogens (tertiary/aromatic N) is 5. The van der Waals surface area contributed by atoms with Gasteiger partial charge in [-0.15, -0.1) is 0 Å². The Kier molecular flexibility index (Phi) is 7.46. The summed E-state index contributed by atoms with van der Waals surface area (Å²) in [7, 11) is -1.60. The van der Waals surface area contributed by atoms with Crippen LogP contribution in [0.25, 0.3) is 11.0 Å². The highest BCUT2D eigenvalue weighted by atomic mass is 32.2. The quantitative estimate of drug-likeness (QED) is 0.471. The van der Waals surface area contributed by atoms with Gasteiger partial charge in [0.05, 0.1) is 16.0 Å². The average molecular weight is 519 g/mol. The largest absolute Gasteiger partial charge is 0.430 e. The van der Waals surface area contributed by atoms with Gasteiger partial charge in [0.15, 0.2) is 16.1 Å². The zero-order valence-electron chi connectivity index (χ0n) is 20.8.